The number of hydrogen-bond acceptors (Lipinski definition) is 4. The summed E-state index contributed by atoms with van der Waals surface area (Å²) in [5.74, 6) is 3.04. The molecular formula is C21H29N3O3. The maximum Gasteiger partial charge on any atom is 0.191 e. The summed E-state index contributed by atoms with van der Waals surface area (Å²) in [6.07, 6.45) is 0.00531. The van der Waals surface area contributed by atoms with E-state index in [1.54, 1.807) is 21.3 Å². The van der Waals surface area contributed by atoms with Crippen LogP contribution in [0.4, 0.5) is 0 Å². The lowest BCUT2D eigenvalue weighted by atomic mass is 10.2. The van der Waals surface area contributed by atoms with Crippen LogP contribution in [0.2, 0.25) is 0 Å². The highest BCUT2D eigenvalue weighted by molar-refractivity contribution is 5.79. The molecule has 0 aliphatic rings. The Morgan fingerprint density at radius 3 is 2.41 bits per heavy atom. The summed E-state index contributed by atoms with van der Waals surface area (Å²) in [5, 5.41) is 6.58. The van der Waals surface area contributed by atoms with Gasteiger partial charge in [0, 0.05) is 13.6 Å². The second-order valence-electron chi connectivity index (χ2n) is 6.19. The number of benzene rings is 2. The molecule has 0 heterocycles. The average molecular weight is 371 g/mol. The van der Waals surface area contributed by atoms with Gasteiger partial charge in [0.05, 0.1) is 20.8 Å². The van der Waals surface area contributed by atoms with Crippen LogP contribution in [0.5, 0.6) is 17.2 Å². The van der Waals surface area contributed by atoms with Gasteiger partial charge in [-0.05, 0) is 43.2 Å². The van der Waals surface area contributed by atoms with Gasteiger partial charge in [-0.15, -0.1) is 0 Å². The topological polar surface area (TPSA) is 64.1 Å². The molecule has 27 heavy (non-hydrogen) atoms. The monoisotopic (exact) mass is 371 g/mol. The quantitative estimate of drug-likeness (QED) is 0.551. The standard InChI is InChI=1S/C21H29N3O3/c1-15-8-6-7-9-18(15)27-16(2)13-23-21(22-3)24-14-17-10-11-19(25-4)20(12-17)26-5/h6-12,16H,13-14H2,1-5H3,(H2,22,23,24). The molecule has 1 unspecified atom stereocenters. The Morgan fingerprint density at radius 1 is 1.00 bits per heavy atom. The van der Waals surface area contributed by atoms with Crippen LogP contribution in [0.3, 0.4) is 0 Å². The molecule has 0 aliphatic carbocycles. The van der Waals surface area contributed by atoms with E-state index >= 15 is 0 Å². The van der Waals surface area contributed by atoms with Gasteiger partial charge in [0.2, 0.25) is 0 Å². The molecule has 0 saturated heterocycles. The van der Waals surface area contributed by atoms with Gasteiger partial charge in [0.15, 0.2) is 17.5 Å². The van der Waals surface area contributed by atoms with Gasteiger partial charge in [-0.2, -0.15) is 0 Å². The van der Waals surface area contributed by atoms with Crippen molar-refractivity contribution in [2.45, 2.75) is 26.5 Å². The Balaban J connectivity index is 1.84. The van der Waals surface area contributed by atoms with Crippen molar-refractivity contribution in [2.24, 2.45) is 4.99 Å². The lowest BCUT2D eigenvalue weighted by Crippen LogP contribution is -2.41. The molecule has 2 rings (SSSR count). The van der Waals surface area contributed by atoms with Crippen molar-refractivity contribution in [3.8, 4) is 17.2 Å². The molecule has 0 radical (unpaired) electrons. The van der Waals surface area contributed by atoms with Crippen LogP contribution in [0.15, 0.2) is 47.5 Å². The van der Waals surface area contributed by atoms with E-state index in [-0.39, 0.29) is 6.10 Å². The van der Waals surface area contributed by atoms with E-state index in [1.165, 1.54) is 0 Å². The normalized spacial score (nSPS) is 12.3. The van der Waals surface area contributed by atoms with E-state index in [9.17, 15) is 0 Å². The minimum atomic E-state index is 0.00531. The first-order valence-electron chi connectivity index (χ1n) is 8.95. The highest BCUT2D eigenvalue weighted by Crippen LogP contribution is 2.27. The lowest BCUT2D eigenvalue weighted by Gasteiger charge is -2.19. The first-order valence-corrected chi connectivity index (χ1v) is 8.95. The predicted octanol–water partition coefficient (Wildman–Crippen LogP) is 3.14. The van der Waals surface area contributed by atoms with Gasteiger partial charge in [0.25, 0.3) is 0 Å². The van der Waals surface area contributed by atoms with Gasteiger partial charge in [-0.1, -0.05) is 24.3 Å². The van der Waals surface area contributed by atoms with E-state index in [4.69, 9.17) is 14.2 Å². The molecule has 6 nitrogen and oxygen atoms in total. The van der Waals surface area contributed by atoms with Crippen molar-refractivity contribution < 1.29 is 14.2 Å². The van der Waals surface area contributed by atoms with Crippen LogP contribution in [0.25, 0.3) is 0 Å². The van der Waals surface area contributed by atoms with Crippen molar-refractivity contribution in [3.05, 3.63) is 53.6 Å². The van der Waals surface area contributed by atoms with Gasteiger partial charge >= 0.3 is 0 Å². The summed E-state index contributed by atoms with van der Waals surface area (Å²) in [6, 6.07) is 13.8. The van der Waals surface area contributed by atoms with Crippen molar-refractivity contribution in [2.75, 3.05) is 27.8 Å². The van der Waals surface area contributed by atoms with Crippen molar-refractivity contribution in [1.29, 1.82) is 0 Å². The van der Waals surface area contributed by atoms with Crippen molar-refractivity contribution >= 4 is 5.96 Å². The number of aliphatic imine (C=N–C) groups is 1. The van der Waals surface area contributed by atoms with Crippen molar-refractivity contribution in [3.63, 3.8) is 0 Å². The number of nitrogens with one attached hydrogen (secondary N) is 2. The van der Waals surface area contributed by atoms with Crippen LogP contribution in [0, 0.1) is 6.92 Å². The molecule has 2 aromatic carbocycles. The van der Waals surface area contributed by atoms with Crippen LogP contribution in [-0.2, 0) is 6.54 Å². The Hall–Kier alpha value is -2.89. The molecule has 0 amide bonds. The van der Waals surface area contributed by atoms with Crippen LogP contribution < -0.4 is 24.8 Å². The van der Waals surface area contributed by atoms with Crippen LogP contribution >= 0.6 is 0 Å². The number of nitrogens with zero attached hydrogens (tertiary/aromatic N) is 1. The molecule has 2 aromatic rings. The second kappa shape index (κ2) is 10.3. The largest absolute Gasteiger partial charge is 0.493 e. The Kier molecular flexibility index (Phi) is 7.79. The maximum atomic E-state index is 5.98. The number of rotatable bonds is 8. The minimum Gasteiger partial charge on any atom is -0.493 e. The zero-order valence-corrected chi connectivity index (χ0v) is 16.7. The molecular weight excluding hydrogens is 342 g/mol. The van der Waals surface area contributed by atoms with E-state index in [0.29, 0.717) is 30.5 Å². The van der Waals surface area contributed by atoms with Crippen LogP contribution in [0.1, 0.15) is 18.1 Å². The molecule has 0 spiro atoms. The summed E-state index contributed by atoms with van der Waals surface area (Å²) >= 11 is 0. The van der Waals surface area contributed by atoms with Crippen molar-refractivity contribution in [1.82, 2.24) is 10.6 Å². The number of aryl methyl sites for hydroxylation is 1. The number of para-hydroxylation sites is 1. The zero-order chi connectivity index (χ0) is 19.6. The summed E-state index contributed by atoms with van der Waals surface area (Å²) in [6.45, 7) is 5.33. The fourth-order valence-corrected chi connectivity index (χ4v) is 2.58. The third-order valence-corrected chi connectivity index (χ3v) is 4.11. The molecule has 0 bridgehead atoms. The third-order valence-electron chi connectivity index (χ3n) is 4.11. The molecule has 0 aliphatic heterocycles. The van der Waals surface area contributed by atoms with Gasteiger partial charge < -0.3 is 24.8 Å². The zero-order valence-electron chi connectivity index (χ0n) is 16.7. The molecule has 0 aromatic heterocycles. The Bertz CT molecular complexity index is 762. The highest BCUT2D eigenvalue weighted by Gasteiger charge is 2.08. The number of ether oxygens (including phenoxy) is 3. The SMILES string of the molecule is CN=C(NCc1ccc(OC)c(OC)c1)NCC(C)Oc1ccccc1C. The fourth-order valence-electron chi connectivity index (χ4n) is 2.58. The second-order valence-corrected chi connectivity index (χ2v) is 6.19. The summed E-state index contributed by atoms with van der Waals surface area (Å²) in [7, 11) is 5.00. The molecule has 146 valence electrons. The predicted molar refractivity (Wildman–Crippen MR) is 109 cm³/mol. The number of methoxy groups -OCH3 is 2. The first kappa shape index (κ1) is 20.4. The molecule has 0 saturated carbocycles. The number of guanidine groups is 1. The molecule has 0 fully saturated rings. The average Bonchev–Trinajstić information content (AvgIpc) is 2.69. The number of hydrogen-bond donors (Lipinski definition) is 2. The molecule has 6 heteroatoms. The highest BCUT2D eigenvalue weighted by atomic mass is 16.5. The van der Waals surface area contributed by atoms with Gasteiger partial charge in [-0.25, -0.2) is 0 Å². The summed E-state index contributed by atoms with van der Waals surface area (Å²) in [4.78, 5) is 4.26. The van der Waals surface area contributed by atoms with Gasteiger partial charge in [-0.3, -0.25) is 4.99 Å². The summed E-state index contributed by atoms with van der Waals surface area (Å²) in [5.41, 5.74) is 2.19. The maximum absolute atomic E-state index is 5.98. The summed E-state index contributed by atoms with van der Waals surface area (Å²) < 4.78 is 16.6. The molecule has 1 atom stereocenters. The smallest absolute Gasteiger partial charge is 0.191 e. The Morgan fingerprint density at radius 2 is 1.74 bits per heavy atom. The van der Waals surface area contributed by atoms with E-state index in [1.807, 2.05) is 56.3 Å². The van der Waals surface area contributed by atoms with E-state index < -0.39 is 0 Å². The first-order chi connectivity index (χ1) is 13.1. The van der Waals surface area contributed by atoms with E-state index in [2.05, 4.69) is 15.6 Å². The minimum absolute atomic E-state index is 0.00531. The molecule has 2 N–H and O–H groups in total. The van der Waals surface area contributed by atoms with E-state index in [0.717, 1.165) is 16.9 Å². The Labute approximate surface area is 161 Å². The fraction of sp³-hybridized carbons (Fsp3) is 0.381. The van der Waals surface area contributed by atoms with Gasteiger partial charge in [0.1, 0.15) is 11.9 Å². The third kappa shape index (κ3) is 6.09. The lowest BCUT2D eigenvalue weighted by molar-refractivity contribution is 0.222. The van der Waals surface area contributed by atoms with Crippen LogP contribution in [-0.4, -0.2) is 39.9 Å².